The van der Waals surface area contributed by atoms with Crippen LogP contribution in [0.25, 0.3) is 0 Å². The summed E-state index contributed by atoms with van der Waals surface area (Å²) in [4.78, 5) is 17.2. The van der Waals surface area contributed by atoms with Gasteiger partial charge in [-0.05, 0) is 50.2 Å². The Morgan fingerprint density at radius 2 is 1.74 bits per heavy atom. The number of amides is 1. The van der Waals surface area contributed by atoms with Crippen LogP contribution in [0.3, 0.4) is 0 Å². The van der Waals surface area contributed by atoms with E-state index in [0.29, 0.717) is 11.7 Å². The average molecular weight is 424 g/mol. The number of benzene rings is 2. The van der Waals surface area contributed by atoms with E-state index in [1.165, 1.54) is 12.1 Å². The normalized spacial score (nSPS) is 14.6. The SMILES string of the molecule is CC(C)N1CCN(c2ccc(NC(=O)c3nnc(Nc4ccccc4F)o3)cc2)CC1. The van der Waals surface area contributed by atoms with Crippen molar-refractivity contribution in [2.24, 2.45) is 0 Å². The minimum absolute atomic E-state index is 0.0638. The molecular weight excluding hydrogens is 399 g/mol. The van der Waals surface area contributed by atoms with Gasteiger partial charge in [-0.1, -0.05) is 17.2 Å². The highest BCUT2D eigenvalue weighted by Crippen LogP contribution is 2.22. The van der Waals surface area contributed by atoms with Gasteiger partial charge in [-0.2, -0.15) is 0 Å². The maximum atomic E-state index is 13.7. The number of nitrogens with zero attached hydrogens (tertiary/aromatic N) is 4. The van der Waals surface area contributed by atoms with Crippen molar-refractivity contribution in [3.63, 3.8) is 0 Å². The van der Waals surface area contributed by atoms with Crippen LogP contribution in [0.15, 0.2) is 52.9 Å². The zero-order valence-corrected chi connectivity index (χ0v) is 17.5. The number of halogens is 1. The fourth-order valence-electron chi connectivity index (χ4n) is 3.48. The van der Waals surface area contributed by atoms with Gasteiger partial charge in [0.2, 0.25) is 0 Å². The molecule has 4 rings (SSSR count). The van der Waals surface area contributed by atoms with E-state index in [1.807, 2.05) is 24.3 Å². The third kappa shape index (κ3) is 5.00. The lowest BCUT2D eigenvalue weighted by molar-refractivity contribution is 0.0991. The van der Waals surface area contributed by atoms with E-state index in [-0.39, 0.29) is 17.6 Å². The molecule has 1 saturated heterocycles. The van der Waals surface area contributed by atoms with Gasteiger partial charge in [-0.25, -0.2) is 4.39 Å². The van der Waals surface area contributed by atoms with Crippen molar-refractivity contribution in [3.05, 3.63) is 60.2 Å². The number of nitrogens with one attached hydrogen (secondary N) is 2. The van der Waals surface area contributed by atoms with Gasteiger partial charge in [-0.3, -0.25) is 9.69 Å². The molecule has 0 unspecified atom stereocenters. The van der Waals surface area contributed by atoms with E-state index < -0.39 is 11.7 Å². The van der Waals surface area contributed by atoms with Crippen LogP contribution in [0, 0.1) is 5.82 Å². The van der Waals surface area contributed by atoms with Crippen molar-refractivity contribution in [3.8, 4) is 0 Å². The average Bonchev–Trinajstić information content (AvgIpc) is 3.25. The molecule has 1 amide bonds. The fourth-order valence-corrected chi connectivity index (χ4v) is 3.48. The Morgan fingerprint density at radius 3 is 2.42 bits per heavy atom. The lowest BCUT2D eigenvalue weighted by Crippen LogP contribution is -2.48. The van der Waals surface area contributed by atoms with E-state index in [0.717, 1.165) is 31.9 Å². The van der Waals surface area contributed by atoms with Gasteiger partial charge >= 0.3 is 17.8 Å². The zero-order chi connectivity index (χ0) is 21.8. The third-order valence-corrected chi connectivity index (χ3v) is 5.27. The predicted octanol–water partition coefficient (Wildman–Crippen LogP) is 3.74. The smallest absolute Gasteiger partial charge is 0.320 e. The number of piperazine rings is 1. The molecule has 0 radical (unpaired) electrons. The molecule has 2 heterocycles. The lowest BCUT2D eigenvalue weighted by atomic mass is 10.2. The lowest BCUT2D eigenvalue weighted by Gasteiger charge is -2.38. The van der Waals surface area contributed by atoms with Crippen molar-refractivity contribution in [1.29, 1.82) is 0 Å². The highest BCUT2D eigenvalue weighted by molar-refractivity contribution is 6.01. The Bertz CT molecular complexity index is 1030. The predicted molar refractivity (Wildman–Crippen MR) is 117 cm³/mol. The molecule has 1 aliphatic heterocycles. The van der Waals surface area contributed by atoms with Gasteiger partial charge in [0.15, 0.2) is 0 Å². The number of para-hydroxylation sites is 1. The van der Waals surface area contributed by atoms with E-state index in [4.69, 9.17) is 4.42 Å². The number of hydrogen-bond donors (Lipinski definition) is 2. The minimum Gasteiger partial charge on any atom is -0.399 e. The van der Waals surface area contributed by atoms with E-state index in [2.05, 4.69) is 44.5 Å². The highest BCUT2D eigenvalue weighted by Gasteiger charge is 2.19. The highest BCUT2D eigenvalue weighted by atomic mass is 19.1. The van der Waals surface area contributed by atoms with Crippen molar-refractivity contribution in [2.75, 3.05) is 41.7 Å². The number of carbonyl (C=O) groups is 1. The van der Waals surface area contributed by atoms with Crippen molar-refractivity contribution >= 4 is 29.0 Å². The number of hydrogen-bond acceptors (Lipinski definition) is 7. The Labute approximate surface area is 180 Å². The molecule has 0 bridgehead atoms. The van der Waals surface area contributed by atoms with E-state index in [1.54, 1.807) is 12.1 Å². The molecule has 0 spiro atoms. The van der Waals surface area contributed by atoms with Crippen LogP contribution < -0.4 is 15.5 Å². The molecule has 0 saturated carbocycles. The fraction of sp³-hybridized carbons (Fsp3) is 0.318. The summed E-state index contributed by atoms with van der Waals surface area (Å²) < 4.78 is 19.0. The Hall–Kier alpha value is -3.46. The van der Waals surface area contributed by atoms with Gasteiger partial charge in [0.25, 0.3) is 0 Å². The summed E-state index contributed by atoms with van der Waals surface area (Å²) in [7, 11) is 0. The van der Waals surface area contributed by atoms with Crippen LogP contribution in [-0.4, -0.2) is 53.2 Å². The molecule has 162 valence electrons. The summed E-state index contributed by atoms with van der Waals surface area (Å²) in [5.41, 5.74) is 1.93. The van der Waals surface area contributed by atoms with Crippen LogP contribution in [0.1, 0.15) is 24.5 Å². The van der Waals surface area contributed by atoms with Crippen LogP contribution in [0.2, 0.25) is 0 Å². The second-order valence-electron chi connectivity index (χ2n) is 7.63. The second-order valence-corrected chi connectivity index (χ2v) is 7.63. The molecule has 31 heavy (non-hydrogen) atoms. The summed E-state index contributed by atoms with van der Waals surface area (Å²) >= 11 is 0. The molecule has 0 atom stereocenters. The summed E-state index contributed by atoms with van der Waals surface area (Å²) in [6, 6.07) is 14.2. The van der Waals surface area contributed by atoms with Crippen LogP contribution in [0.4, 0.5) is 27.5 Å². The van der Waals surface area contributed by atoms with E-state index in [9.17, 15) is 9.18 Å². The molecule has 0 aliphatic carbocycles. The van der Waals surface area contributed by atoms with Crippen LogP contribution in [-0.2, 0) is 0 Å². The van der Waals surface area contributed by atoms with Crippen LogP contribution >= 0.6 is 0 Å². The molecule has 1 aliphatic rings. The minimum atomic E-state index is -0.535. The second kappa shape index (κ2) is 9.13. The Kier molecular flexibility index (Phi) is 6.13. The van der Waals surface area contributed by atoms with Crippen molar-refractivity contribution in [1.82, 2.24) is 15.1 Å². The zero-order valence-electron chi connectivity index (χ0n) is 17.5. The molecule has 2 aromatic carbocycles. The quantitative estimate of drug-likeness (QED) is 0.623. The Balaban J connectivity index is 1.34. The molecular formula is C22H25FN6O2. The van der Waals surface area contributed by atoms with Gasteiger partial charge in [0, 0.05) is 43.6 Å². The first-order valence-corrected chi connectivity index (χ1v) is 10.2. The molecule has 8 nitrogen and oxygen atoms in total. The first-order chi connectivity index (χ1) is 15.0. The van der Waals surface area contributed by atoms with Crippen molar-refractivity contribution in [2.45, 2.75) is 19.9 Å². The number of aromatic nitrogens is 2. The number of rotatable bonds is 6. The largest absolute Gasteiger partial charge is 0.399 e. The molecule has 3 aromatic rings. The van der Waals surface area contributed by atoms with Crippen molar-refractivity contribution < 1.29 is 13.6 Å². The monoisotopic (exact) mass is 424 g/mol. The summed E-state index contributed by atoms with van der Waals surface area (Å²) in [5, 5.41) is 12.9. The van der Waals surface area contributed by atoms with Gasteiger partial charge in [0.1, 0.15) is 5.82 Å². The molecule has 2 N–H and O–H groups in total. The summed E-state index contributed by atoms with van der Waals surface area (Å²) in [5.74, 6) is -1.21. The number of carbonyl (C=O) groups excluding carboxylic acids is 1. The third-order valence-electron chi connectivity index (χ3n) is 5.27. The Morgan fingerprint density at radius 1 is 1.03 bits per heavy atom. The summed E-state index contributed by atoms with van der Waals surface area (Å²) in [6.45, 7) is 8.46. The molecule has 1 fully saturated rings. The first kappa shape index (κ1) is 20.8. The number of anilines is 4. The maximum absolute atomic E-state index is 13.7. The molecule has 9 heteroatoms. The van der Waals surface area contributed by atoms with Crippen LogP contribution in [0.5, 0.6) is 0 Å². The topological polar surface area (TPSA) is 86.5 Å². The van der Waals surface area contributed by atoms with E-state index >= 15 is 0 Å². The standard InChI is InChI=1S/C22H25FN6O2/c1-15(2)28-11-13-29(14-12-28)17-9-7-16(8-10-17)24-20(30)21-26-27-22(31-21)25-19-6-4-3-5-18(19)23/h3-10,15H,11-14H2,1-2H3,(H,24,30)(H,25,27). The first-order valence-electron chi connectivity index (χ1n) is 10.2. The van der Waals surface area contributed by atoms with Gasteiger partial charge < -0.3 is 20.0 Å². The molecule has 1 aromatic heterocycles. The van der Waals surface area contributed by atoms with Gasteiger partial charge in [0.05, 0.1) is 5.69 Å². The van der Waals surface area contributed by atoms with Gasteiger partial charge in [-0.15, -0.1) is 5.10 Å². The maximum Gasteiger partial charge on any atom is 0.320 e. The summed E-state index contributed by atoms with van der Waals surface area (Å²) in [6.07, 6.45) is 0.